The van der Waals surface area contributed by atoms with Gasteiger partial charge >= 0.3 is 0 Å². The van der Waals surface area contributed by atoms with Crippen molar-refractivity contribution >= 4 is 0 Å². The van der Waals surface area contributed by atoms with Gasteiger partial charge in [-0.2, -0.15) is 0 Å². The molecule has 2 heteroatoms. The lowest BCUT2D eigenvalue weighted by atomic mass is 9.95. The number of aliphatic hydroxyl groups is 1. The van der Waals surface area contributed by atoms with Crippen LogP contribution in [0.5, 0.6) is 0 Å². The molecular formula is C12H27NO. The molecule has 0 aromatic carbocycles. The van der Waals surface area contributed by atoms with E-state index >= 15 is 0 Å². The molecule has 86 valence electrons. The third kappa shape index (κ3) is 3.97. The maximum atomic E-state index is 10.3. The summed E-state index contributed by atoms with van der Waals surface area (Å²) in [5, 5.41) is 10.3. The zero-order valence-electron chi connectivity index (χ0n) is 10.7. The topological polar surface area (TPSA) is 23.5 Å². The van der Waals surface area contributed by atoms with Gasteiger partial charge in [0.15, 0.2) is 0 Å². The Hall–Kier alpha value is -0.0800. The Labute approximate surface area is 89.3 Å². The predicted molar refractivity (Wildman–Crippen MR) is 62.5 cm³/mol. The van der Waals surface area contributed by atoms with Crippen molar-refractivity contribution < 1.29 is 5.11 Å². The molecule has 0 aromatic heterocycles. The Bertz CT molecular complexity index is 142. The first-order valence-corrected chi connectivity index (χ1v) is 5.84. The van der Waals surface area contributed by atoms with Crippen LogP contribution < -0.4 is 0 Å². The van der Waals surface area contributed by atoms with Gasteiger partial charge < -0.3 is 5.11 Å². The van der Waals surface area contributed by atoms with Gasteiger partial charge in [-0.25, -0.2) is 0 Å². The number of hydrogen-bond acceptors (Lipinski definition) is 2. The van der Waals surface area contributed by atoms with Crippen molar-refractivity contribution in [2.75, 3.05) is 6.54 Å². The van der Waals surface area contributed by atoms with Crippen LogP contribution in [0.1, 0.15) is 54.4 Å². The fourth-order valence-electron chi connectivity index (χ4n) is 1.77. The number of rotatable bonds is 6. The van der Waals surface area contributed by atoms with E-state index in [4.69, 9.17) is 0 Å². The lowest BCUT2D eigenvalue weighted by Gasteiger charge is -2.38. The normalized spacial score (nSPS) is 13.3. The summed E-state index contributed by atoms with van der Waals surface area (Å²) in [5.74, 6) is 0. The van der Waals surface area contributed by atoms with Crippen molar-refractivity contribution in [3.05, 3.63) is 0 Å². The molecule has 0 saturated carbocycles. The van der Waals surface area contributed by atoms with Crippen LogP contribution in [0.2, 0.25) is 0 Å². The molecule has 0 atom stereocenters. The van der Waals surface area contributed by atoms with Crippen LogP contribution in [-0.4, -0.2) is 34.2 Å². The summed E-state index contributed by atoms with van der Waals surface area (Å²) in [5.41, 5.74) is -0.505. The Morgan fingerprint density at radius 3 is 1.57 bits per heavy atom. The highest BCUT2D eigenvalue weighted by molar-refractivity contribution is 4.82. The van der Waals surface area contributed by atoms with Crippen LogP contribution in [0.3, 0.4) is 0 Å². The van der Waals surface area contributed by atoms with Gasteiger partial charge in [-0.1, -0.05) is 13.8 Å². The molecule has 0 aliphatic carbocycles. The van der Waals surface area contributed by atoms with E-state index in [-0.39, 0.29) is 0 Å². The fraction of sp³-hybridized carbons (Fsp3) is 1.00. The van der Waals surface area contributed by atoms with Gasteiger partial charge in [0.2, 0.25) is 0 Å². The minimum atomic E-state index is -0.505. The molecule has 0 amide bonds. The molecule has 1 N–H and O–H groups in total. The Kier molecular flexibility index (Phi) is 5.68. The van der Waals surface area contributed by atoms with Crippen molar-refractivity contribution in [3.63, 3.8) is 0 Å². The maximum absolute atomic E-state index is 10.3. The molecule has 0 spiro atoms. The number of hydrogen-bond donors (Lipinski definition) is 1. The van der Waals surface area contributed by atoms with Gasteiger partial charge in [-0.3, -0.25) is 4.90 Å². The minimum Gasteiger partial charge on any atom is -0.389 e. The van der Waals surface area contributed by atoms with E-state index in [9.17, 15) is 5.11 Å². The summed E-state index contributed by atoms with van der Waals surface area (Å²) >= 11 is 0. The molecule has 0 saturated heterocycles. The minimum absolute atomic E-state index is 0.500. The standard InChI is InChI=1S/C12H27NO/c1-7-12(14,8-2)9-13(10(3)4)11(5)6/h10-11,14H,7-9H2,1-6H3. The molecule has 14 heavy (non-hydrogen) atoms. The summed E-state index contributed by atoms with van der Waals surface area (Å²) < 4.78 is 0. The summed E-state index contributed by atoms with van der Waals surface area (Å²) in [6, 6.07) is 0.999. The second-order valence-electron chi connectivity index (χ2n) is 4.79. The van der Waals surface area contributed by atoms with Crippen molar-refractivity contribution in [3.8, 4) is 0 Å². The maximum Gasteiger partial charge on any atom is 0.0769 e. The zero-order valence-corrected chi connectivity index (χ0v) is 10.7. The van der Waals surface area contributed by atoms with Crippen LogP contribution in [0.15, 0.2) is 0 Å². The SMILES string of the molecule is CCC(O)(CC)CN(C(C)C)C(C)C. The molecule has 0 radical (unpaired) electrons. The highest BCUT2D eigenvalue weighted by Crippen LogP contribution is 2.19. The van der Waals surface area contributed by atoms with E-state index < -0.39 is 5.60 Å². The molecule has 0 aliphatic heterocycles. The highest BCUT2D eigenvalue weighted by atomic mass is 16.3. The molecule has 0 unspecified atom stereocenters. The Morgan fingerprint density at radius 2 is 1.36 bits per heavy atom. The first kappa shape index (κ1) is 13.9. The van der Waals surface area contributed by atoms with Gasteiger partial charge in [0.1, 0.15) is 0 Å². The smallest absolute Gasteiger partial charge is 0.0769 e. The van der Waals surface area contributed by atoms with Gasteiger partial charge in [0.05, 0.1) is 5.60 Å². The van der Waals surface area contributed by atoms with Gasteiger partial charge in [-0.05, 0) is 40.5 Å². The second-order valence-corrected chi connectivity index (χ2v) is 4.79. The summed E-state index contributed by atoms with van der Waals surface area (Å²) in [6.45, 7) is 13.6. The lowest BCUT2D eigenvalue weighted by molar-refractivity contribution is -0.0207. The van der Waals surface area contributed by atoms with Crippen LogP contribution in [0.25, 0.3) is 0 Å². The summed E-state index contributed by atoms with van der Waals surface area (Å²) in [7, 11) is 0. The number of nitrogens with zero attached hydrogens (tertiary/aromatic N) is 1. The fourth-order valence-corrected chi connectivity index (χ4v) is 1.77. The second kappa shape index (κ2) is 5.72. The van der Waals surface area contributed by atoms with Gasteiger partial charge in [0, 0.05) is 18.6 Å². The molecule has 2 nitrogen and oxygen atoms in total. The summed E-state index contributed by atoms with van der Waals surface area (Å²) in [4.78, 5) is 2.35. The average Bonchev–Trinajstić information content (AvgIpc) is 2.13. The Morgan fingerprint density at radius 1 is 1.00 bits per heavy atom. The van der Waals surface area contributed by atoms with E-state index in [2.05, 4.69) is 46.4 Å². The lowest BCUT2D eigenvalue weighted by Crippen LogP contribution is -2.48. The van der Waals surface area contributed by atoms with Crippen LogP contribution in [0, 0.1) is 0 Å². The Balaban J connectivity index is 4.42. The molecule has 0 rings (SSSR count). The first-order chi connectivity index (χ1) is 6.36. The average molecular weight is 201 g/mol. The van der Waals surface area contributed by atoms with Crippen LogP contribution in [0.4, 0.5) is 0 Å². The molecule has 0 heterocycles. The third-order valence-corrected chi connectivity index (χ3v) is 3.12. The monoisotopic (exact) mass is 201 g/mol. The summed E-state index contributed by atoms with van der Waals surface area (Å²) in [6.07, 6.45) is 1.67. The molecule has 0 fully saturated rings. The zero-order chi connectivity index (χ0) is 11.4. The highest BCUT2D eigenvalue weighted by Gasteiger charge is 2.27. The van der Waals surface area contributed by atoms with Crippen LogP contribution in [-0.2, 0) is 0 Å². The molecule has 0 bridgehead atoms. The quantitative estimate of drug-likeness (QED) is 0.714. The molecule has 0 aliphatic rings. The van der Waals surface area contributed by atoms with E-state index in [1.54, 1.807) is 0 Å². The van der Waals surface area contributed by atoms with Gasteiger partial charge in [0.25, 0.3) is 0 Å². The first-order valence-electron chi connectivity index (χ1n) is 5.84. The predicted octanol–water partition coefficient (Wildman–Crippen LogP) is 2.66. The van der Waals surface area contributed by atoms with Crippen molar-refractivity contribution in [2.45, 2.75) is 72.1 Å². The third-order valence-electron chi connectivity index (χ3n) is 3.12. The van der Waals surface area contributed by atoms with Gasteiger partial charge in [-0.15, -0.1) is 0 Å². The van der Waals surface area contributed by atoms with Crippen LogP contribution >= 0.6 is 0 Å². The van der Waals surface area contributed by atoms with E-state index in [0.29, 0.717) is 12.1 Å². The largest absolute Gasteiger partial charge is 0.389 e. The molecule has 0 aromatic rings. The van der Waals surface area contributed by atoms with Crippen molar-refractivity contribution in [1.82, 2.24) is 4.90 Å². The van der Waals surface area contributed by atoms with Crippen molar-refractivity contribution in [2.24, 2.45) is 0 Å². The molecular weight excluding hydrogens is 174 g/mol. The van der Waals surface area contributed by atoms with E-state index in [1.807, 2.05) is 0 Å². The van der Waals surface area contributed by atoms with E-state index in [1.165, 1.54) is 0 Å². The van der Waals surface area contributed by atoms with Crippen molar-refractivity contribution in [1.29, 1.82) is 0 Å². The van der Waals surface area contributed by atoms with E-state index in [0.717, 1.165) is 19.4 Å².